The van der Waals surface area contributed by atoms with Gasteiger partial charge in [-0.2, -0.15) is 0 Å². The van der Waals surface area contributed by atoms with Crippen molar-refractivity contribution in [3.63, 3.8) is 0 Å². The molecule has 0 spiro atoms. The Balaban J connectivity index is 1.51. The number of likely N-dealkylation sites (N-methyl/N-ethyl adjacent to an activating group) is 1. The zero-order valence-electron chi connectivity index (χ0n) is 14.1. The number of quaternary nitrogens is 1. The van der Waals surface area contributed by atoms with Crippen LogP contribution in [0.25, 0.3) is 10.8 Å². The lowest BCUT2D eigenvalue weighted by molar-refractivity contribution is -0.885. The van der Waals surface area contributed by atoms with Crippen LogP contribution in [0.15, 0.2) is 52.5 Å². The molecule has 0 saturated carbocycles. The number of amides is 1. The number of nitrogens with zero attached hydrogens (tertiary/aromatic N) is 1. The maximum absolute atomic E-state index is 12.2. The molecule has 0 saturated heterocycles. The fraction of sp³-hybridized carbons (Fsp3) is 0.222. The lowest BCUT2D eigenvalue weighted by Gasteiger charge is -2.12. The van der Waals surface area contributed by atoms with E-state index >= 15 is 0 Å². The van der Waals surface area contributed by atoms with Crippen LogP contribution in [0.4, 0.5) is 5.69 Å². The minimum absolute atomic E-state index is 0.0513. The van der Waals surface area contributed by atoms with E-state index in [9.17, 15) is 4.79 Å². The van der Waals surface area contributed by atoms with Crippen molar-refractivity contribution < 1.29 is 18.8 Å². The van der Waals surface area contributed by atoms with Crippen molar-refractivity contribution in [2.24, 2.45) is 0 Å². The number of anilines is 1. The van der Waals surface area contributed by atoms with Gasteiger partial charge in [0.15, 0.2) is 6.54 Å². The highest BCUT2D eigenvalue weighted by Crippen LogP contribution is 2.23. The van der Waals surface area contributed by atoms with E-state index in [1.807, 2.05) is 48.8 Å². The SMILES string of the molecule is COc1ccc(NC(=O)C[NH+](C)Cc2coc(-c3cccs3)n2)cc1. The Labute approximate surface area is 150 Å². The van der Waals surface area contributed by atoms with Crippen LogP contribution in [0.5, 0.6) is 5.75 Å². The highest BCUT2D eigenvalue weighted by Gasteiger charge is 2.14. The Morgan fingerprint density at radius 2 is 2.12 bits per heavy atom. The molecule has 0 aliphatic carbocycles. The molecule has 0 fully saturated rings. The summed E-state index contributed by atoms with van der Waals surface area (Å²) >= 11 is 1.59. The van der Waals surface area contributed by atoms with Gasteiger partial charge in [0.1, 0.15) is 24.3 Å². The normalized spacial score (nSPS) is 11.9. The van der Waals surface area contributed by atoms with E-state index in [-0.39, 0.29) is 5.91 Å². The number of rotatable bonds is 7. The number of oxazole rings is 1. The fourth-order valence-electron chi connectivity index (χ4n) is 2.43. The van der Waals surface area contributed by atoms with Crippen molar-refractivity contribution in [3.8, 4) is 16.5 Å². The number of ether oxygens (including phenoxy) is 1. The largest absolute Gasteiger partial charge is 0.497 e. The highest BCUT2D eigenvalue weighted by molar-refractivity contribution is 7.13. The first-order valence-corrected chi connectivity index (χ1v) is 8.75. The van der Waals surface area contributed by atoms with E-state index < -0.39 is 0 Å². The maximum atomic E-state index is 12.2. The molecule has 2 aromatic heterocycles. The smallest absolute Gasteiger partial charge is 0.279 e. The number of hydrogen-bond acceptors (Lipinski definition) is 5. The lowest BCUT2D eigenvalue weighted by atomic mass is 10.3. The minimum Gasteiger partial charge on any atom is -0.497 e. The standard InChI is InChI=1S/C18H19N3O3S/c1-21(10-14-12-24-18(20-14)16-4-3-9-25-16)11-17(22)19-13-5-7-15(23-2)8-6-13/h3-9,12H,10-11H2,1-2H3,(H,19,22)/p+1. The molecule has 25 heavy (non-hydrogen) atoms. The second-order valence-electron chi connectivity index (χ2n) is 5.71. The second-order valence-corrected chi connectivity index (χ2v) is 6.66. The molecule has 0 aliphatic rings. The third kappa shape index (κ3) is 4.68. The number of carbonyl (C=O) groups excluding carboxylic acids is 1. The summed E-state index contributed by atoms with van der Waals surface area (Å²) in [7, 11) is 3.56. The van der Waals surface area contributed by atoms with Crippen LogP contribution in [-0.2, 0) is 11.3 Å². The average Bonchev–Trinajstić information content (AvgIpc) is 3.26. The van der Waals surface area contributed by atoms with Crippen molar-refractivity contribution in [2.45, 2.75) is 6.54 Å². The third-order valence-corrected chi connectivity index (χ3v) is 4.46. The first-order valence-electron chi connectivity index (χ1n) is 7.87. The quantitative estimate of drug-likeness (QED) is 0.678. The zero-order chi connectivity index (χ0) is 17.6. The van der Waals surface area contributed by atoms with Gasteiger partial charge in [-0.25, -0.2) is 4.98 Å². The number of aromatic nitrogens is 1. The summed E-state index contributed by atoms with van der Waals surface area (Å²) in [6, 6.07) is 11.2. The number of nitrogens with one attached hydrogen (secondary N) is 2. The lowest BCUT2D eigenvalue weighted by Crippen LogP contribution is -3.08. The topological polar surface area (TPSA) is 68.8 Å². The summed E-state index contributed by atoms with van der Waals surface area (Å²) < 4.78 is 10.6. The van der Waals surface area contributed by atoms with Crippen LogP contribution in [0.3, 0.4) is 0 Å². The average molecular weight is 358 g/mol. The van der Waals surface area contributed by atoms with E-state index in [4.69, 9.17) is 9.15 Å². The van der Waals surface area contributed by atoms with Crippen LogP contribution in [0.2, 0.25) is 0 Å². The number of methoxy groups -OCH3 is 1. The Morgan fingerprint density at radius 1 is 1.32 bits per heavy atom. The molecule has 3 rings (SSSR count). The van der Waals surface area contributed by atoms with E-state index in [2.05, 4.69) is 10.3 Å². The second kappa shape index (κ2) is 7.96. The molecule has 1 aromatic carbocycles. The highest BCUT2D eigenvalue weighted by atomic mass is 32.1. The molecular formula is C18H20N3O3S+. The van der Waals surface area contributed by atoms with E-state index in [0.717, 1.165) is 26.9 Å². The predicted octanol–water partition coefficient (Wildman–Crippen LogP) is 2.07. The summed E-state index contributed by atoms with van der Waals surface area (Å²) in [5.41, 5.74) is 1.58. The van der Waals surface area contributed by atoms with E-state index in [1.165, 1.54) is 0 Å². The van der Waals surface area contributed by atoms with E-state index in [1.54, 1.807) is 24.7 Å². The Morgan fingerprint density at radius 3 is 2.80 bits per heavy atom. The van der Waals surface area contributed by atoms with Crippen molar-refractivity contribution >= 4 is 22.9 Å². The maximum Gasteiger partial charge on any atom is 0.279 e. The Bertz CT molecular complexity index is 812. The van der Waals surface area contributed by atoms with Gasteiger partial charge in [-0.1, -0.05) is 6.07 Å². The molecule has 0 aliphatic heterocycles. The molecule has 0 bridgehead atoms. The minimum atomic E-state index is -0.0513. The summed E-state index contributed by atoms with van der Waals surface area (Å²) in [5, 5.41) is 4.87. The van der Waals surface area contributed by atoms with Gasteiger partial charge in [0.2, 0.25) is 5.89 Å². The first-order chi connectivity index (χ1) is 12.1. The zero-order valence-corrected chi connectivity index (χ0v) is 14.9. The number of benzene rings is 1. The van der Waals surface area contributed by atoms with Gasteiger partial charge < -0.3 is 19.4 Å². The van der Waals surface area contributed by atoms with Gasteiger partial charge in [0.25, 0.3) is 5.91 Å². The van der Waals surface area contributed by atoms with Gasteiger partial charge in [0.05, 0.1) is 19.0 Å². The number of carbonyl (C=O) groups is 1. The monoisotopic (exact) mass is 358 g/mol. The van der Waals surface area contributed by atoms with Gasteiger partial charge in [-0.3, -0.25) is 4.79 Å². The van der Waals surface area contributed by atoms with Crippen LogP contribution in [-0.4, -0.2) is 31.6 Å². The van der Waals surface area contributed by atoms with Crippen LogP contribution in [0.1, 0.15) is 5.69 Å². The van der Waals surface area contributed by atoms with E-state index in [0.29, 0.717) is 19.0 Å². The molecule has 130 valence electrons. The Hall–Kier alpha value is -2.64. The molecular weight excluding hydrogens is 338 g/mol. The van der Waals surface area contributed by atoms with Crippen LogP contribution < -0.4 is 15.0 Å². The van der Waals surface area contributed by atoms with Gasteiger partial charge in [-0.15, -0.1) is 11.3 Å². The predicted molar refractivity (Wildman–Crippen MR) is 96.9 cm³/mol. The first kappa shape index (κ1) is 17.2. The fourth-order valence-corrected chi connectivity index (χ4v) is 3.08. The van der Waals surface area contributed by atoms with Crippen molar-refractivity contribution in [2.75, 3.05) is 26.0 Å². The number of hydrogen-bond donors (Lipinski definition) is 2. The van der Waals surface area contributed by atoms with Gasteiger partial charge in [-0.05, 0) is 35.7 Å². The molecule has 1 amide bonds. The van der Waals surface area contributed by atoms with Crippen LogP contribution >= 0.6 is 11.3 Å². The molecule has 6 nitrogen and oxygen atoms in total. The summed E-state index contributed by atoms with van der Waals surface area (Å²) in [6.07, 6.45) is 1.65. The molecule has 1 unspecified atom stereocenters. The summed E-state index contributed by atoms with van der Waals surface area (Å²) in [4.78, 5) is 18.7. The molecule has 1 atom stereocenters. The third-order valence-electron chi connectivity index (χ3n) is 3.60. The summed E-state index contributed by atoms with van der Waals surface area (Å²) in [6.45, 7) is 0.956. The molecule has 2 N–H and O–H groups in total. The van der Waals surface area contributed by atoms with Gasteiger partial charge >= 0.3 is 0 Å². The molecule has 2 heterocycles. The van der Waals surface area contributed by atoms with Crippen molar-refractivity contribution in [1.82, 2.24) is 4.98 Å². The number of thiophene rings is 1. The Kier molecular flexibility index (Phi) is 5.47. The van der Waals surface area contributed by atoms with Crippen molar-refractivity contribution in [3.05, 3.63) is 53.7 Å². The van der Waals surface area contributed by atoms with Crippen molar-refractivity contribution in [1.29, 1.82) is 0 Å². The molecule has 7 heteroatoms. The van der Waals surface area contributed by atoms with Gasteiger partial charge in [0, 0.05) is 5.69 Å². The molecule has 3 aromatic rings. The van der Waals surface area contributed by atoms with Crippen LogP contribution in [0, 0.1) is 0 Å². The molecule has 0 radical (unpaired) electrons. The summed E-state index contributed by atoms with van der Waals surface area (Å²) in [5.74, 6) is 1.33.